The van der Waals surface area contributed by atoms with E-state index in [1.54, 1.807) is 19.3 Å². The summed E-state index contributed by atoms with van der Waals surface area (Å²) < 4.78 is 17.6. The molecule has 4 atom stereocenters. The summed E-state index contributed by atoms with van der Waals surface area (Å²) in [6.45, 7) is 9.43. The van der Waals surface area contributed by atoms with Crippen LogP contribution in [0.5, 0.6) is 5.88 Å². The van der Waals surface area contributed by atoms with Gasteiger partial charge in [-0.15, -0.1) is 11.3 Å². The number of ether oxygens (including phenoxy) is 2. The predicted molar refractivity (Wildman–Crippen MR) is 181 cm³/mol. The van der Waals surface area contributed by atoms with E-state index in [2.05, 4.69) is 48.8 Å². The zero-order valence-corrected chi connectivity index (χ0v) is 28.7. The number of likely N-dealkylation sites (tertiary alicyclic amines) is 1. The highest BCUT2D eigenvalue weighted by molar-refractivity contribution is 7.16. The molecular formula is C34H44N8O4S. The zero-order valence-electron chi connectivity index (χ0n) is 27.9. The predicted octanol–water partition coefficient (Wildman–Crippen LogP) is 4.39. The molecule has 13 heteroatoms. The molecule has 0 radical (unpaired) electrons. The Morgan fingerprint density at radius 2 is 2.13 bits per heavy atom. The van der Waals surface area contributed by atoms with Crippen molar-refractivity contribution in [1.29, 1.82) is 5.26 Å². The molecule has 5 heterocycles. The van der Waals surface area contributed by atoms with E-state index in [9.17, 15) is 10.1 Å². The van der Waals surface area contributed by atoms with Crippen molar-refractivity contribution >= 4 is 28.1 Å². The van der Waals surface area contributed by atoms with Crippen molar-refractivity contribution in [3.05, 3.63) is 46.0 Å². The maximum absolute atomic E-state index is 12.8. The van der Waals surface area contributed by atoms with Crippen molar-refractivity contribution in [2.45, 2.75) is 76.5 Å². The third-order valence-corrected chi connectivity index (χ3v) is 11.0. The molecule has 0 unspecified atom stereocenters. The quantitative estimate of drug-likeness (QED) is 0.326. The van der Waals surface area contributed by atoms with Crippen molar-refractivity contribution in [3.63, 3.8) is 0 Å². The van der Waals surface area contributed by atoms with E-state index in [-0.39, 0.29) is 18.1 Å². The maximum atomic E-state index is 12.8. The van der Waals surface area contributed by atoms with Gasteiger partial charge in [-0.1, -0.05) is 11.2 Å². The molecule has 12 nitrogen and oxygen atoms in total. The van der Waals surface area contributed by atoms with E-state index >= 15 is 0 Å². The lowest BCUT2D eigenvalue weighted by molar-refractivity contribution is -0.126. The fraction of sp³-hybridized carbons (Fsp3) is 0.559. The number of carbonyl (C=O) groups is 1. The average molecular weight is 661 g/mol. The van der Waals surface area contributed by atoms with Crippen LogP contribution >= 0.6 is 11.3 Å². The van der Waals surface area contributed by atoms with Crippen molar-refractivity contribution in [3.8, 4) is 23.5 Å². The van der Waals surface area contributed by atoms with Crippen LogP contribution < -0.4 is 15.4 Å². The molecule has 0 saturated carbocycles. The summed E-state index contributed by atoms with van der Waals surface area (Å²) in [6.07, 6.45) is 8.09. The first-order valence-corrected chi connectivity index (χ1v) is 17.2. The van der Waals surface area contributed by atoms with Gasteiger partial charge in [-0.25, -0.2) is 4.98 Å². The Balaban J connectivity index is 1.32. The van der Waals surface area contributed by atoms with Crippen LogP contribution in [0.1, 0.15) is 68.2 Å². The number of carbonyl (C=O) groups excluding carboxylic acids is 1. The third-order valence-electron chi connectivity index (χ3n) is 9.91. The highest BCUT2D eigenvalue weighted by Crippen LogP contribution is 2.49. The second-order valence-corrected chi connectivity index (χ2v) is 14.2. The number of nitriles is 1. The normalized spacial score (nSPS) is 24.0. The Kier molecular flexibility index (Phi) is 9.55. The number of nitrogens with two attached hydrogens (primary N) is 1. The molecule has 2 N–H and O–H groups in total. The van der Waals surface area contributed by atoms with E-state index in [1.165, 1.54) is 11.3 Å². The topological polar surface area (TPSA) is 147 Å². The van der Waals surface area contributed by atoms with Gasteiger partial charge in [-0.3, -0.25) is 9.69 Å². The minimum absolute atomic E-state index is 0.00147. The van der Waals surface area contributed by atoms with E-state index in [0.717, 1.165) is 49.1 Å². The van der Waals surface area contributed by atoms with Crippen LogP contribution in [0.15, 0.2) is 28.8 Å². The number of fused-ring (bicyclic) bond motifs is 1. The van der Waals surface area contributed by atoms with E-state index in [1.807, 2.05) is 17.0 Å². The molecule has 2 saturated heterocycles. The van der Waals surface area contributed by atoms with Crippen LogP contribution in [0.4, 0.5) is 10.8 Å². The fourth-order valence-electron chi connectivity index (χ4n) is 7.36. The molecule has 3 aromatic rings. The molecule has 2 aliphatic heterocycles. The van der Waals surface area contributed by atoms with Crippen molar-refractivity contribution < 1.29 is 18.8 Å². The van der Waals surface area contributed by atoms with Gasteiger partial charge in [0.15, 0.2) is 11.5 Å². The molecule has 6 rings (SSSR count). The molecule has 3 aromatic heterocycles. The number of hydrogen-bond acceptors (Lipinski definition) is 12. The van der Waals surface area contributed by atoms with Crippen LogP contribution in [0, 0.1) is 11.3 Å². The largest absolute Gasteiger partial charge is 0.473 e. The van der Waals surface area contributed by atoms with Gasteiger partial charge in [0.2, 0.25) is 11.8 Å². The summed E-state index contributed by atoms with van der Waals surface area (Å²) in [7, 11) is 3.74. The van der Waals surface area contributed by atoms with E-state index in [4.69, 9.17) is 29.7 Å². The van der Waals surface area contributed by atoms with Gasteiger partial charge in [0.05, 0.1) is 17.6 Å². The maximum Gasteiger partial charge on any atom is 0.246 e. The number of aromatic nitrogens is 3. The molecule has 0 aromatic carbocycles. The number of amides is 1. The number of aryl methyl sites for hydroxylation is 1. The van der Waals surface area contributed by atoms with Crippen LogP contribution in [0.25, 0.3) is 11.5 Å². The first-order chi connectivity index (χ1) is 22.6. The Hall–Kier alpha value is -3.99. The SMILES string of the molecule is COC/C=C/C(=O)N1CCN(c2cc(O[C@@H](C)[C@@H]3CCCN3C)nc(-c3cc([C@@]4(C)CCCc5sc(N)c(C#N)c54)on3)n2)[C@H](C)C1. The van der Waals surface area contributed by atoms with Gasteiger partial charge in [0.1, 0.15) is 28.8 Å². The second-order valence-electron chi connectivity index (χ2n) is 13.1. The first kappa shape index (κ1) is 32.9. The summed E-state index contributed by atoms with van der Waals surface area (Å²) >= 11 is 1.49. The molecule has 0 bridgehead atoms. The number of hydrogen-bond donors (Lipinski definition) is 1. The molecule has 3 aliphatic rings. The lowest BCUT2D eigenvalue weighted by atomic mass is 9.71. The van der Waals surface area contributed by atoms with Crippen LogP contribution in [0.3, 0.4) is 0 Å². The van der Waals surface area contributed by atoms with Gasteiger partial charge in [-0.05, 0) is 72.0 Å². The standard InChI is InChI=1S/C34H44N8O4S/c1-21-20-41(30(43)11-8-16-44-5)14-15-42(21)28-18-29(45-22(2)25-9-7-13-40(25)4)38-33(37-28)24-17-27(46-39-24)34(3)12-6-10-26-31(34)23(19-35)32(36)47-26/h8,11,17-18,21-22,25H,6-7,9-10,12-16,20,36H2,1-5H3/b11-8+/t21-,22+,25+,34-/m1/s1. The Morgan fingerprint density at radius 3 is 2.85 bits per heavy atom. The molecule has 47 heavy (non-hydrogen) atoms. The van der Waals surface area contributed by atoms with Gasteiger partial charge < -0.3 is 29.5 Å². The van der Waals surface area contributed by atoms with Gasteiger partial charge >= 0.3 is 0 Å². The molecule has 0 spiro atoms. The Morgan fingerprint density at radius 1 is 1.30 bits per heavy atom. The zero-order chi connectivity index (χ0) is 33.3. The van der Waals surface area contributed by atoms with Crippen molar-refractivity contribution in [1.82, 2.24) is 24.9 Å². The molecule has 1 aliphatic carbocycles. The number of nitrogen functional groups attached to an aromatic ring is 1. The number of anilines is 2. The van der Waals surface area contributed by atoms with Crippen LogP contribution in [-0.4, -0.2) is 96.0 Å². The Labute approximate surface area is 280 Å². The number of methoxy groups -OCH3 is 1. The monoisotopic (exact) mass is 660 g/mol. The molecule has 2 fully saturated rings. The lowest BCUT2D eigenvalue weighted by Gasteiger charge is -2.40. The fourth-order valence-corrected chi connectivity index (χ4v) is 8.56. The summed E-state index contributed by atoms with van der Waals surface area (Å²) in [4.78, 5) is 30.1. The van der Waals surface area contributed by atoms with Gasteiger partial charge in [0.25, 0.3) is 0 Å². The second kappa shape index (κ2) is 13.6. The number of likely N-dealkylation sites (N-methyl/N-ethyl adjacent to an activating group) is 1. The molecule has 1 amide bonds. The highest BCUT2D eigenvalue weighted by atomic mass is 32.1. The van der Waals surface area contributed by atoms with Crippen LogP contribution in [-0.2, 0) is 21.4 Å². The number of piperazine rings is 1. The van der Waals surface area contributed by atoms with Crippen LogP contribution in [0.2, 0.25) is 0 Å². The Bertz CT molecular complexity index is 1680. The lowest BCUT2D eigenvalue weighted by Crippen LogP contribution is -2.53. The summed E-state index contributed by atoms with van der Waals surface area (Å²) in [6, 6.07) is 6.41. The summed E-state index contributed by atoms with van der Waals surface area (Å²) in [5.74, 6) is 2.20. The molecule has 250 valence electrons. The number of nitrogens with zero attached hydrogens (tertiary/aromatic N) is 7. The van der Waals surface area contributed by atoms with Gasteiger partial charge in [0, 0.05) is 61.9 Å². The molecular weight excluding hydrogens is 616 g/mol. The average Bonchev–Trinajstić information content (AvgIpc) is 3.80. The van der Waals surface area contributed by atoms with Crippen molar-refractivity contribution in [2.24, 2.45) is 0 Å². The minimum Gasteiger partial charge on any atom is -0.473 e. The van der Waals surface area contributed by atoms with Gasteiger partial charge in [-0.2, -0.15) is 10.2 Å². The van der Waals surface area contributed by atoms with Crippen molar-refractivity contribution in [2.75, 3.05) is 57.6 Å². The van der Waals surface area contributed by atoms with E-state index < -0.39 is 5.41 Å². The summed E-state index contributed by atoms with van der Waals surface area (Å²) in [5, 5.41) is 15.0. The number of rotatable bonds is 9. The first-order valence-electron chi connectivity index (χ1n) is 16.4. The third kappa shape index (κ3) is 6.46. The smallest absolute Gasteiger partial charge is 0.246 e. The van der Waals surface area contributed by atoms with E-state index in [0.29, 0.717) is 71.8 Å². The highest BCUT2D eigenvalue weighted by Gasteiger charge is 2.42. The number of thiophene rings is 1. The minimum atomic E-state index is -0.550. The summed E-state index contributed by atoms with van der Waals surface area (Å²) in [5.41, 5.74) is 7.69.